The fourth-order valence-electron chi connectivity index (χ4n) is 4.31. The molecule has 192 valence electrons. The number of aromatic nitrogens is 4. The van der Waals surface area contributed by atoms with Crippen LogP contribution in [0.3, 0.4) is 0 Å². The molecule has 1 fully saturated rings. The molecular formula is C23H33BrN6O4S. The van der Waals surface area contributed by atoms with Crippen LogP contribution in [0.4, 0.5) is 0 Å². The number of likely N-dealkylation sites (N-methyl/N-ethyl adjacent to an activating group) is 1. The molecule has 2 aromatic heterocycles. The van der Waals surface area contributed by atoms with Gasteiger partial charge in [-0.2, -0.15) is 4.31 Å². The van der Waals surface area contributed by atoms with E-state index < -0.39 is 10.0 Å². The highest BCUT2D eigenvalue weighted by Gasteiger charge is 2.29. The van der Waals surface area contributed by atoms with E-state index in [0.29, 0.717) is 67.6 Å². The number of H-pyrrole nitrogens is 1. The molecule has 1 aliphatic heterocycles. The summed E-state index contributed by atoms with van der Waals surface area (Å²) in [5.74, 6) is 1.38. The van der Waals surface area contributed by atoms with Gasteiger partial charge in [0, 0.05) is 32.6 Å². The molecule has 1 aromatic carbocycles. The Morgan fingerprint density at radius 2 is 1.83 bits per heavy atom. The Bertz CT molecular complexity index is 1350. The molecule has 12 heteroatoms. The second kappa shape index (κ2) is 11.2. The number of hydrogen-bond acceptors (Lipinski definition) is 7. The number of imidazole rings is 1. The highest BCUT2D eigenvalue weighted by Crippen LogP contribution is 2.31. The zero-order valence-electron chi connectivity index (χ0n) is 20.6. The summed E-state index contributed by atoms with van der Waals surface area (Å²) in [5, 5.41) is 4.65. The molecule has 0 saturated carbocycles. The number of nitrogens with zero attached hydrogens (tertiary/aromatic N) is 5. The Labute approximate surface area is 216 Å². The van der Waals surface area contributed by atoms with Crippen molar-refractivity contribution < 1.29 is 13.2 Å². The molecule has 1 aliphatic rings. The van der Waals surface area contributed by atoms with E-state index in [9.17, 15) is 13.2 Å². The van der Waals surface area contributed by atoms with Crippen molar-refractivity contribution in [1.82, 2.24) is 28.8 Å². The predicted molar refractivity (Wildman–Crippen MR) is 140 cm³/mol. The fraction of sp³-hybridized carbons (Fsp3) is 0.522. The van der Waals surface area contributed by atoms with Crippen molar-refractivity contribution in [2.75, 3.05) is 39.3 Å². The number of ether oxygens (including phenoxy) is 1. The zero-order valence-corrected chi connectivity index (χ0v) is 23.1. The van der Waals surface area contributed by atoms with E-state index in [1.165, 1.54) is 4.31 Å². The standard InChI is InChI=1S/C23H32N6O4S.BrH/c1-5-8-20-24-16(4)21-23(30)25-22(26-29(20)21)18-15-17(9-10-19(18)33-7-3)34(31,32)28-13-11-27(6-2)12-14-28;/h9-10,15H,5-8,11-14H2,1-4H3,(H,25,26,30);1H. The first-order valence-electron chi connectivity index (χ1n) is 11.8. The van der Waals surface area contributed by atoms with E-state index in [1.54, 1.807) is 29.6 Å². The molecule has 4 rings (SSSR count). The molecule has 0 atom stereocenters. The van der Waals surface area contributed by atoms with Crippen molar-refractivity contribution in [2.24, 2.45) is 0 Å². The van der Waals surface area contributed by atoms with Crippen LogP contribution in [-0.4, -0.2) is 76.5 Å². The summed E-state index contributed by atoms with van der Waals surface area (Å²) >= 11 is 0. The lowest BCUT2D eigenvalue weighted by Gasteiger charge is -2.33. The first-order chi connectivity index (χ1) is 16.3. The molecule has 0 amide bonds. The first-order valence-corrected chi connectivity index (χ1v) is 13.2. The molecule has 35 heavy (non-hydrogen) atoms. The largest absolute Gasteiger partial charge is 0.493 e. The van der Waals surface area contributed by atoms with E-state index in [0.717, 1.165) is 13.0 Å². The van der Waals surface area contributed by atoms with Gasteiger partial charge in [-0.05, 0) is 45.0 Å². The zero-order chi connectivity index (χ0) is 24.5. The van der Waals surface area contributed by atoms with Gasteiger partial charge >= 0.3 is 0 Å². The fourth-order valence-corrected chi connectivity index (χ4v) is 5.76. The third-order valence-electron chi connectivity index (χ3n) is 6.14. The average Bonchev–Trinajstić information content (AvgIpc) is 3.15. The van der Waals surface area contributed by atoms with Gasteiger partial charge in [0.25, 0.3) is 5.56 Å². The van der Waals surface area contributed by atoms with Gasteiger partial charge in [-0.25, -0.2) is 17.9 Å². The minimum absolute atomic E-state index is 0. The number of rotatable bonds is 8. The average molecular weight is 570 g/mol. The summed E-state index contributed by atoms with van der Waals surface area (Å²) < 4.78 is 35.7. The maximum atomic E-state index is 13.4. The summed E-state index contributed by atoms with van der Waals surface area (Å²) in [6.07, 6.45) is 1.52. The van der Waals surface area contributed by atoms with Crippen molar-refractivity contribution in [3.63, 3.8) is 0 Å². The van der Waals surface area contributed by atoms with Crippen LogP contribution in [0.2, 0.25) is 0 Å². The molecule has 0 spiro atoms. The second-order valence-electron chi connectivity index (χ2n) is 8.36. The van der Waals surface area contributed by atoms with Crippen molar-refractivity contribution in [3.05, 3.63) is 40.1 Å². The maximum absolute atomic E-state index is 13.4. The summed E-state index contributed by atoms with van der Waals surface area (Å²) in [6, 6.07) is 4.72. The van der Waals surface area contributed by atoms with Gasteiger partial charge in [-0.3, -0.25) is 4.79 Å². The van der Waals surface area contributed by atoms with E-state index >= 15 is 0 Å². The molecule has 0 bridgehead atoms. The van der Waals surface area contributed by atoms with Crippen LogP contribution in [0.1, 0.15) is 38.7 Å². The van der Waals surface area contributed by atoms with Gasteiger partial charge in [0.2, 0.25) is 10.0 Å². The van der Waals surface area contributed by atoms with Crippen LogP contribution < -0.4 is 10.3 Å². The van der Waals surface area contributed by atoms with Gasteiger partial charge in [0.05, 0.1) is 22.8 Å². The smallest absolute Gasteiger partial charge is 0.277 e. The highest BCUT2D eigenvalue weighted by molar-refractivity contribution is 8.93. The monoisotopic (exact) mass is 568 g/mol. The van der Waals surface area contributed by atoms with Crippen LogP contribution in [-0.2, 0) is 16.4 Å². The number of nitrogens with one attached hydrogen (secondary N) is 1. The Balaban J connectivity index is 0.00000342. The third kappa shape index (κ3) is 5.30. The SMILES string of the molecule is Br.CCCc1nc(C)c2c(=O)[nH]c(-c3cc(S(=O)(=O)N4CCN(CC)CC4)ccc3OCC)nn12. The van der Waals surface area contributed by atoms with E-state index in [2.05, 4.69) is 26.9 Å². The maximum Gasteiger partial charge on any atom is 0.277 e. The third-order valence-corrected chi connectivity index (χ3v) is 8.03. The Kier molecular flexibility index (Phi) is 8.73. The number of aromatic amines is 1. The Morgan fingerprint density at radius 1 is 1.11 bits per heavy atom. The van der Waals surface area contributed by atoms with E-state index in [1.807, 2.05) is 13.8 Å². The van der Waals surface area contributed by atoms with Gasteiger partial charge in [0.1, 0.15) is 11.6 Å². The lowest BCUT2D eigenvalue weighted by Crippen LogP contribution is -2.48. The number of halogens is 1. The van der Waals surface area contributed by atoms with Gasteiger partial charge in [0.15, 0.2) is 11.3 Å². The van der Waals surface area contributed by atoms with Crippen LogP contribution in [0.15, 0.2) is 27.9 Å². The summed E-state index contributed by atoms with van der Waals surface area (Å²) in [6.45, 7) is 11.3. The number of fused-ring (bicyclic) bond motifs is 1. The van der Waals surface area contributed by atoms with Gasteiger partial charge in [-0.15, -0.1) is 22.1 Å². The van der Waals surface area contributed by atoms with Crippen molar-refractivity contribution >= 4 is 32.5 Å². The Morgan fingerprint density at radius 3 is 2.46 bits per heavy atom. The molecule has 1 saturated heterocycles. The normalized spacial score (nSPS) is 15.3. The van der Waals surface area contributed by atoms with Gasteiger partial charge < -0.3 is 14.6 Å². The summed E-state index contributed by atoms with van der Waals surface area (Å²) in [7, 11) is -3.71. The number of piperazine rings is 1. The topological polar surface area (TPSA) is 113 Å². The van der Waals surface area contributed by atoms with Crippen molar-refractivity contribution in [2.45, 2.75) is 45.4 Å². The molecule has 10 nitrogen and oxygen atoms in total. The summed E-state index contributed by atoms with van der Waals surface area (Å²) in [4.78, 5) is 22.6. The molecule has 0 aliphatic carbocycles. The van der Waals surface area contributed by atoms with Crippen molar-refractivity contribution in [3.8, 4) is 17.1 Å². The first kappa shape index (κ1) is 27.3. The van der Waals surface area contributed by atoms with Crippen LogP contribution in [0.25, 0.3) is 16.9 Å². The van der Waals surface area contributed by atoms with Crippen LogP contribution >= 0.6 is 17.0 Å². The van der Waals surface area contributed by atoms with E-state index in [4.69, 9.17) is 4.74 Å². The number of hydrogen-bond donors (Lipinski definition) is 1. The number of aryl methyl sites for hydroxylation is 2. The van der Waals surface area contributed by atoms with Gasteiger partial charge in [-0.1, -0.05) is 13.8 Å². The molecule has 3 aromatic rings. The molecular weight excluding hydrogens is 536 g/mol. The lowest BCUT2D eigenvalue weighted by molar-refractivity contribution is 0.196. The quantitative estimate of drug-likeness (QED) is 0.444. The second-order valence-corrected chi connectivity index (χ2v) is 10.3. The van der Waals surface area contributed by atoms with Crippen molar-refractivity contribution in [1.29, 1.82) is 0 Å². The molecule has 1 N–H and O–H groups in total. The predicted octanol–water partition coefficient (Wildman–Crippen LogP) is 2.65. The minimum Gasteiger partial charge on any atom is -0.493 e. The number of sulfonamides is 1. The van der Waals surface area contributed by atoms with Crippen LogP contribution in [0, 0.1) is 6.92 Å². The lowest BCUT2D eigenvalue weighted by atomic mass is 10.2. The Hall–Kier alpha value is -2.28. The highest BCUT2D eigenvalue weighted by atomic mass is 79.9. The number of benzene rings is 1. The molecule has 0 unspecified atom stereocenters. The minimum atomic E-state index is -3.71. The van der Waals surface area contributed by atoms with E-state index in [-0.39, 0.29) is 33.3 Å². The van der Waals surface area contributed by atoms with Crippen LogP contribution in [0.5, 0.6) is 5.75 Å². The molecule has 0 radical (unpaired) electrons. The summed E-state index contributed by atoms with van der Waals surface area (Å²) in [5.41, 5.74) is 1.09. The molecule has 3 heterocycles.